The lowest BCUT2D eigenvalue weighted by molar-refractivity contribution is -0.0173. The minimum Gasteiger partial charge on any atom is -0.387 e. The van der Waals surface area contributed by atoms with Crippen molar-refractivity contribution >= 4 is 0 Å². The van der Waals surface area contributed by atoms with E-state index in [2.05, 4.69) is 4.98 Å². The maximum absolute atomic E-state index is 13.4. The largest absolute Gasteiger partial charge is 0.387 e. The second kappa shape index (κ2) is 5.92. The van der Waals surface area contributed by atoms with E-state index in [1.807, 2.05) is 30.3 Å². The van der Waals surface area contributed by atoms with Gasteiger partial charge in [-0.2, -0.15) is 0 Å². The smallest absolute Gasteiger partial charge is 0.141 e. The van der Waals surface area contributed by atoms with Gasteiger partial charge in [0.25, 0.3) is 0 Å². The third-order valence-corrected chi connectivity index (χ3v) is 4.30. The van der Waals surface area contributed by atoms with Gasteiger partial charge in [-0.25, -0.2) is 4.39 Å². The van der Waals surface area contributed by atoms with E-state index >= 15 is 0 Å². The summed E-state index contributed by atoms with van der Waals surface area (Å²) < 4.78 is 18.9. The first-order chi connectivity index (χ1) is 10.2. The van der Waals surface area contributed by atoms with Crippen molar-refractivity contribution in [3.8, 4) is 0 Å². The SMILES string of the molecule is OC(c1cncc(F)c1)C1(c2ccccc2)CCOCC1. The lowest BCUT2D eigenvalue weighted by Crippen LogP contribution is -2.39. The van der Waals surface area contributed by atoms with Crippen LogP contribution in [0.4, 0.5) is 4.39 Å². The summed E-state index contributed by atoms with van der Waals surface area (Å²) in [5.74, 6) is -0.429. The van der Waals surface area contributed by atoms with Crippen LogP contribution < -0.4 is 0 Å². The van der Waals surface area contributed by atoms with Crippen LogP contribution in [-0.4, -0.2) is 23.3 Å². The van der Waals surface area contributed by atoms with Gasteiger partial charge in [0.05, 0.1) is 12.3 Å². The Balaban J connectivity index is 2.03. The van der Waals surface area contributed by atoms with Crippen molar-refractivity contribution in [3.63, 3.8) is 0 Å². The van der Waals surface area contributed by atoms with Crippen molar-refractivity contribution in [1.29, 1.82) is 0 Å². The average molecular weight is 287 g/mol. The fraction of sp³-hybridized carbons (Fsp3) is 0.353. The molecule has 1 aliphatic rings. The molecule has 1 aromatic heterocycles. The highest BCUT2D eigenvalue weighted by molar-refractivity contribution is 5.32. The zero-order valence-corrected chi connectivity index (χ0v) is 11.7. The number of halogens is 1. The van der Waals surface area contributed by atoms with Gasteiger partial charge in [-0.15, -0.1) is 0 Å². The minimum atomic E-state index is -0.799. The summed E-state index contributed by atoms with van der Waals surface area (Å²) in [6.07, 6.45) is 3.29. The molecule has 1 fully saturated rings. The van der Waals surface area contributed by atoms with Gasteiger partial charge in [-0.05, 0) is 24.5 Å². The topological polar surface area (TPSA) is 42.4 Å². The molecule has 2 aromatic rings. The van der Waals surface area contributed by atoms with Crippen molar-refractivity contribution in [1.82, 2.24) is 4.98 Å². The zero-order valence-electron chi connectivity index (χ0n) is 11.7. The summed E-state index contributed by atoms with van der Waals surface area (Å²) in [6, 6.07) is 11.3. The molecule has 3 nitrogen and oxygen atoms in total. The van der Waals surface area contributed by atoms with Gasteiger partial charge in [-0.3, -0.25) is 4.98 Å². The van der Waals surface area contributed by atoms with E-state index in [0.717, 1.165) is 11.8 Å². The number of rotatable bonds is 3. The Morgan fingerprint density at radius 1 is 1.14 bits per heavy atom. The van der Waals surface area contributed by atoms with E-state index in [1.165, 1.54) is 12.3 Å². The number of hydrogen-bond acceptors (Lipinski definition) is 3. The molecule has 1 atom stereocenters. The number of aliphatic hydroxyl groups excluding tert-OH is 1. The van der Waals surface area contributed by atoms with E-state index in [0.29, 0.717) is 31.6 Å². The summed E-state index contributed by atoms with van der Waals surface area (Å²) in [6.45, 7) is 1.18. The molecule has 0 amide bonds. The molecule has 1 aliphatic heterocycles. The molecule has 1 N–H and O–H groups in total. The van der Waals surface area contributed by atoms with Crippen molar-refractivity contribution in [2.75, 3.05) is 13.2 Å². The Hall–Kier alpha value is -1.78. The molecule has 0 aliphatic carbocycles. The first-order valence-electron chi connectivity index (χ1n) is 7.14. The van der Waals surface area contributed by atoms with Crippen molar-refractivity contribution in [2.45, 2.75) is 24.4 Å². The summed E-state index contributed by atoms with van der Waals surface area (Å²) in [5.41, 5.74) is 1.13. The van der Waals surface area contributed by atoms with Crippen LogP contribution in [0.15, 0.2) is 48.8 Å². The number of aliphatic hydroxyl groups is 1. The van der Waals surface area contributed by atoms with E-state index in [-0.39, 0.29) is 0 Å². The zero-order chi connectivity index (χ0) is 14.7. The lowest BCUT2D eigenvalue weighted by Gasteiger charge is -2.41. The lowest BCUT2D eigenvalue weighted by atomic mass is 9.68. The van der Waals surface area contributed by atoms with Gasteiger partial charge >= 0.3 is 0 Å². The van der Waals surface area contributed by atoms with Crippen molar-refractivity contribution in [2.24, 2.45) is 0 Å². The number of hydrogen-bond donors (Lipinski definition) is 1. The second-order valence-corrected chi connectivity index (χ2v) is 5.47. The molecule has 0 saturated carbocycles. The van der Waals surface area contributed by atoms with Crippen LogP contribution in [-0.2, 0) is 10.2 Å². The van der Waals surface area contributed by atoms with Gasteiger partial charge in [0.15, 0.2) is 0 Å². The molecule has 0 bridgehead atoms. The van der Waals surface area contributed by atoms with Gasteiger partial charge in [0, 0.05) is 30.4 Å². The molecular formula is C17H18FNO2. The average Bonchev–Trinajstić information content (AvgIpc) is 2.55. The normalized spacial score (nSPS) is 19.1. The Morgan fingerprint density at radius 3 is 2.52 bits per heavy atom. The predicted octanol–water partition coefficient (Wildman–Crippen LogP) is 3.00. The van der Waals surface area contributed by atoms with E-state index < -0.39 is 17.3 Å². The maximum atomic E-state index is 13.4. The number of ether oxygens (including phenoxy) is 1. The molecule has 0 radical (unpaired) electrons. The highest BCUT2D eigenvalue weighted by Gasteiger charge is 2.42. The molecule has 3 rings (SSSR count). The highest BCUT2D eigenvalue weighted by atomic mass is 19.1. The molecule has 1 unspecified atom stereocenters. The molecule has 2 heterocycles. The first-order valence-corrected chi connectivity index (χ1v) is 7.14. The Bertz CT molecular complexity index is 597. The number of benzene rings is 1. The Labute approximate surface area is 123 Å². The quantitative estimate of drug-likeness (QED) is 0.943. The van der Waals surface area contributed by atoms with Gasteiger partial charge < -0.3 is 9.84 Å². The van der Waals surface area contributed by atoms with Crippen molar-refractivity contribution < 1.29 is 14.2 Å². The number of nitrogens with zero attached hydrogens (tertiary/aromatic N) is 1. The predicted molar refractivity (Wildman–Crippen MR) is 77.3 cm³/mol. The number of pyridine rings is 1. The van der Waals surface area contributed by atoms with Gasteiger partial charge in [-0.1, -0.05) is 30.3 Å². The van der Waals surface area contributed by atoms with Crippen LogP contribution in [0.3, 0.4) is 0 Å². The van der Waals surface area contributed by atoms with Crippen LogP contribution in [0.5, 0.6) is 0 Å². The van der Waals surface area contributed by atoms with Crippen LogP contribution in [0.2, 0.25) is 0 Å². The van der Waals surface area contributed by atoms with E-state index in [4.69, 9.17) is 4.74 Å². The molecule has 110 valence electrons. The van der Waals surface area contributed by atoms with Gasteiger partial charge in [0.1, 0.15) is 5.82 Å². The number of aromatic nitrogens is 1. The second-order valence-electron chi connectivity index (χ2n) is 5.47. The van der Waals surface area contributed by atoms with E-state index in [9.17, 15) is 9.50 Å². The van der Waals surface area contributed by atoms with Crippen LogP contribution >= 0.6 is 0 Å². The summed E-state index contributed by atoms with van der Waals surface area (Å²) in [4.78, 5) is 3.86. The maximum Gasteiger partial charge on any atom is 0.141 e. The third kappa shape index (κ3) is 2.69. The highest BCUT2D eigenvalue weighted by Crippen LogP contribution is 2.44. The summed E-state index contributed by atoms with van der Waals surface area (Å²) in [7, 11) is 0. The monoisotopic (exact) mass is 287 g/mol. The fourth-order valence-electron chi connectivity index (χ4n) is 3.12. The molecule has 1 saturated heterocycles. The molecule has 0 spiro atoms. The fourth-order valence-corrected chi connectivity index (χ4v) is 3.12. The standard InChI is InChI=1S/C17H18FNO2/c18-15-10-13(11-19-12-15)16(20)17(6-8-21-9-7-17)14-4-2-1-3-5-14/h1-5,10-12,16,20H,6-9H2. The molecule has 4 heteroatoms. The summed E-state index contributed by atoms with van der Waals surface area (Å²) in [5, 5.41) is 10.9. The third-order valence-electron chi connectivity index (χ3n) is 4.30. The van der Waals surface area contributed by atoms with Crippen LogP contribution in [0.25, 0.3) is 0 Å². The summed E-state index contributed by atoms with van der Waals surface area (Å²) >= 11 is 0. The first kappa shape index (κ1) is 14.2. The Kier molecular flexibility index (Phi) is 3.99. The van der Waals surface area contributed by atoms with E-state index in [1.54, 1.807) is 0 Å². The molecule has 21 heavy (non-hydrogen) atoms. The molecular weight excluding hydrogens is 269 g/mol. The molecule has 1 aromatic carbocycles. The van der Waals surface area contributed by atoms with Gasteiger partial charge in [0.2, 0.25) is 0 Å². The minimum absolute atomic E-state index is 0.429. The van der Waals surface area contributed by atoms with Crippen molar-refractivity contribution in [3.05, 3.63) is 65.7 Å². The van der Waals surface area contributed by atoms with Crippen LogP contribution in [0.1, 0.15) is 30.1 Å². The Morgan fingerprint density at radius 2 is 1.86 bits per heavy atom. The van der Waals surface area contributed by atoms with Crippen LogP contribution in [0, 0.1) is 5.82 Å².